The number of alkyl carbamates (subject to hydrolysis) is 2. The number of carbonyl (C=O) groups is 5. The van der Waals surface area contributed by atoms with E-state index < -0.39 is 24.3 Å². The second kappa shape index (κ2) is 19.8. The molecule has 0 bridgehead atoms. The van der Waals surface area contributed by atoms with Gasteiger partial charge in [0.2, 0.25) is 0 Å². The van der Waals surface area contributed by atoms with Gasteiger partial charge in [0.1, 0.15) is 19.5 Å². The minimum Gasteiger partial charge on any atom is -0.448 e. The van der Waals surface area contributed by atoms with E-state index in [1.807, 2.05) is 0 Å². The molecule has 13 nitrogen and oxygen atoms in total. The topological polar surface area (TPSA) is 176 Å². The fourth-order valence-corrected chi connectivity index (χ4v) is 4.67. The summed E-state index contributed by atoms with van der Waals surface area (Å²) in [5, 5.41) is 16.1. The summed E-state index contributed by atoms with van der Waals surface area (Å²) in [5.41, 5.74) is 0. The molecule has 2 rings (SSSR count). The van der Waals surface area contributed by atoms with E-state index in [4.69, 9.17) is 9.47 Å². The molecule has 0 radical (unpaired) electrons. The van der Waals surface area contributed by atoms with E-state index in [1.54, 1.807) is 0 Å². The number of ether oxygens (including phenoxy) is 2. The number of hydrogen-bond donors (Lipinski definition) is 6. The van der Waals surface area contributed by atoms with Gasteiger partial charge in [-0.2, -0.15) is 0 Å². The SMILES string of the molecule is O=CC(CCCCNC(=O)NCCOC(=O)NC1CCCCC1)NC(=O)NCCOC(=O)NC1CCCCC1. The summed E-state index contributed by atoms with van der Waals surface area (Å²) < 4.78 is 10.2. The molecule has 6 N–H and O–H groups in total. The first-order valence-corrected chi connectivity index (χ1v) is 14.3. The summed E-state index contributed by atoms with van der Waals surface area (Å²) in [6.07, 6.45) is 12.1. The average Bonchev–Trinajstić information content (AvgIpc) is 2.93. The summed E-state index contributed by atoms with van der Waals surface area (Å²) in [4.78, 5) is 58.7. The van der Waals surface area contributed by atoms with E-state index in [2.05, 4.69) is 31.9 Å². The van der Waals surface area contributed by atoms with Crippen LogP contribution in [0.3, 0.4) is 0 Å². The van der Waals surface area contributed by atoms with Gasteiger partial charge in [-0.3, -0.25) is 0 Å². The maximum atomic E-state index is 12.0. The van der Waals surface area contributed by atoms with Crippen molar-refractivity contribution in [3.05, 3.63) is 0 Å². The van der Waals surface area contributed by atoms with Crippen molar-refractivity contribution in [3.63, 3.8) is 0 Å². The third-order valence-electron chi connectivity index (χ3n) is 6.80. The number of urea groups is 2. The maximum Gasteiger partial charge on any atom is 0.407 e. The lowest BCUT2D eigenvalue weighted by atomic mass is 9.96. The Morgan fingerprint density at radius 2 is 1.15 bits per heavy atom. The molecule has 0 aromatic carbocycles. The highest BCUT2D eigenvalue weighted by Crippen LogP contribution is 2.18. The summed E-state index contributed by atoms with van der Waals surface area (Å²) in [7, 11) is 0. The van der Waals surface area contributed by atoms with Gasteiger partial charge in [0.25, 0.3) is 0 Å². The number of rotatable bonds is 15. The predicted octanol–water partition coefficient (Wildman–Crippen LogP) is 2.44. The van der Waals surface area contributed by atoms with Gasteiger partial charge in [0.15, 0.2) is 0 Å². The van der Waals surface area contributed by atoms with Crippen molar-refractivity contribution < 1.29 is 33.4 Å². The minimum absolute atomic E-state index is 0.0330. The zero-order chi connectivity index (χ0) is 28.1. The molecule has 0 heterocycles. The van der Waals surface area contributed by atoms with Crippen molar-refractivity contribution >= 4 is 30.5 Å². The van der Waals surface area contributed by atoms with Crippen molar-refractivity contribution in [3.8, 4) is 0 Å². The molecule has 1 atom stereocenters. The normalized spacial score (nSPS) is 16.7. The van der Waals surface area contributed by atoms with Crippen molar-refractivity contribution in [1.82, 2.24) is 31.9 Å². The summed E-state index contributed by atoms with van der Waals surface area (Å²) >= 11 is 0. The van der Waals surface area contributed by atoms with E-state index in [1.165, 1.54) is 12.8 Å². The van der Waals surface area contributed by atoms with Gasteiger partial charge in [0, 0.05) is 18.6 Å². The standard InChI is InChI=1S/C26H46N6O7/c33-19-22(30-24(35)29-16-18-39-26(37)32-21-11-5-2-6-12-21)13-7-8-14-27-23(34)28-15-17-38-25(36)31-20-9-3-1-4-10-20/h19-22H,1-18H2,(H,31,36)(H,32,37)(H2,27,28,34)(H2,29,30,35). The highest BCUT2D eigenvalue weighted by molar-refractivity contribution is 5.78. The first-order chi connectivity index (χ1) is 19.0. The number of nitrogens with one attached hydrogen (secondary N) is 6. The molecule has 39 heavy (non-hydrogen) atoms. The van der Waals surface area contributed by atoms with Crippen LogP contribution in [0.4, 0.5) is 19.2 Å². The fraction of sp³-hybridized carbons (Fsp3) is 0.808. The molecule has 13 heteroatoms. The Kier molecular flexibility index (Phi) is 16.2. The highest BCUT2D eigenvalue weighted by atomic mass is 16.6. The molecule has 0 spiro atoms. The molecule has 2 aliphatic carbocycles. The van der Waals surface area contributed by atoms with E-state index in [-0.39, 0.29) is 44.4 Å². The molecule has 1 unspecified atom stereocenters. The van der Waals surface area contributed by atoms with Crippen LogP contribution in [-0.4, -0.2) is 81.5 Å². The van der Waals surface area contributed by atoms with Crippen molar-refractivity contribution in [2.45, 2.75) is 102 Å². The third-order valence-corrected chi connectivity index (χ3v) is 6.80. The molecule has 2 aliphatic rings. The average molecular weight is 555 g/mol. The van der Waals surface area contributed by atoms with Crippen LogP contribution in [0.1, 0.15) is 83.5 Å². The van der Waals surface area contributed by atoms with Gasteiger partial charge in [-0.15, -0.1) is 0 Å². The van der Waals surface area contributed by atoms with Gasteiger partial charge in [-0.1, -0.05) is 38.5 Å². The first-order valence-electron chi connectivity index (χ1n) is 14.3. The van der Waals surface area contributed by atoms with Gasteiger partial charge in [0.05, 0.1) is 19.1 Å². The Morgan fingerprint density at radius 1 is 0.667 bits per heavy atom. The van der Waals surface area contributed by atoms with E-state index >= 15 is 0 Å². The molecular formula is C26H46N6O7. The molecule has 0 aromatic heterocycles. The number of hydrogen-bond acceptors (Lipinski definition) is 7. The molecule has 2 saturated carbocycles. The Morgan fingerprint density at radius 3 is 1.67 bits per heavy atom. The lowest BCUT2D eigenvalue weighted by molar-refractivity contribution is -0.109. The minimum atomic E-state index is -0.661. The number of carbonyl (C=O) groups excluding carboxylic acids is 5. The summed E-state index contributed by atoms with van der Waals surface area (Å²) in [5.74, 6) is 0. The smallest absolute Gasteiger partial charge is 0.407 e. The Hall–Kier alpha value is -3.25. The van der Waals surface area contributed by atoms with Crippen molar-refractivity contribution in [2.75, 3.05) is 32.8 Å². The highest BCUT2D eigenvalue weighted by Gasteiger charge is 2.17. The molecule has 0 aromatic rings. The Bertz CT molecular complexity index is 757. The van der Waals surface area contributed by atoms with Crippen LogP contribution in [0.25, 0.3) is 0 Å². The number of unbranched alkanes of at least 4 members (excludes halogenated alkanes) is 1. The molecule has 0 aliphatic heterocycles. The first kappa shape index (κ1) is 32.0. The monoisotopic (exact) mass is 554 g/mol. The van der Waals surface area contributed by atoms with Crippen LogP contribution in [-0.2, 0) is 14.3 Å². The van der Waals surface area contributed by atoms with Crippen LogP contribution in [0, 0.1) is 0 Å². The van der Waals surface area contributed by atoms with Crippen LogP contribution in [0.15, 0.2) is 0 Å². The van der Waals surface area contributed by atoms with Crippen molar-refractivity contribution in [1.29, 1.82) is 0 Å². The van der Waals surface area contributed by atoms with Crippen LogP contribution in [0.5, 0.6) is 0 Å². The predicted molar refractivity (Wildman–Crippen MR) is 144 cm³/mol. The lowest BCUT2D eigenvalue weighted by Crippen LogP contribution is -2.44. The van der Waals surface area contributed by atoms with E-state index in [0.29, 0.717) is 32.1 Å². The Labute approximate surface area is 230 Å². The van der Waals surface area contributed by atoms with Crippen LogP contribution in [0.2, 0.25) is 0 Å². The largest absolute Gasteiger partial charge is 0.448 e. The molecule has 222 valence electrons. The lowest BCUT2D eigenvalue weighted by Gasteiger charge is -2.22. The van der Waals surface area contributed by atoms with Crippen LogP contribution >= 0.6 is 0 Å². The zero-order valence-corrected chi connectivity index (χ0v) is 22.9. The van der Waals surface area contributed by atoms with Crippen molar-refractivity contribution in [2.24, 2.45) is 0 Å². The second-order valence-corrected chi connectivity index (χ2v) is 10.1. The second-order valence-electron chi connectivity index (χ2n) is 10.1. The van der Waals surface area contributed by atoms with Gasteiger partial charge in [-0.25, -0.2) is 19.2 Å². The number of amides is 6. The van der Waals surface area contributed by atoms with E-state index in [9.17, 15) is 24.0 Å². The summed E-state index contributed by atoms with van der Waals surface area (Å²) in [6.45, 7) is 0.843. The molecule has 2 fully saturated rings. The maximum absolute atomic E-state index is 12.0. The molecular weight excluding hydrogens is 508 g/mol. The third kappa shape index (κ3) is 15.7. The van der Waals surface area contributed by atoms with E-state index in [0.717, 1.165) is 51.4 Å². The number of aldehydes is 1. The Balaban J connectivity index is 1.41. The fourth-order valence-electron chi connectivity index (χ4n) is 4.67. The van der Waals surface area contributed by atoms with Crippen LogP contribution < -0.4 is 31.9 Å². The summed E-state index contributed by atoms with van der Waals surface area (Å²) in [6, 6.07) is -1.21. The zero-order valence-electron chi connectivity index (χ0n) is 22.9. The van der Waals surface area contributed by atoms with Gasteiger partial charge in [-0.05, 0) is 44.9 Å². The molecule has 6 amide bonds. The molecule has 0 saturated heterocycles. The quantitative estimate of drug-likeness (QED) is 0.133. The van der Waals surface area contributed by atoms with Gasteiger partial charge >= 0.3 is 24.2 Å². The van der Waals surface area contributed by atoms with Gasteiger partial charge < -0.3 is 46.2 Å².